The van der Waals surface area contributed by atoms with Crippen molar-refractivity contribution in [2.75, 3.05) is 6.54 Å². The highest BCUT2D eigenvalue weighted by molar-refractivity contribution is 5.33. The van der Waals surface area contributed by atoms with Crippen molar-refractivity contribution in [2.24, 2.45) is 5.41 Å². The second-order valence-corrected chi connectivity index (χ2v) is 6.04. The Balaban J connectivity index is 2.07. The zero-order valence-electron chi connectivity index (χ0n) is 12.4. The molecule has 2 nitrogen and oxygen atoms in total. The molecule has 0 spiro atoms. The van der Waals surface area contributed by atoms with Gasteiger partial charge in [0.25, 0.3) is 0 Å². The van der Waals surface area contributed by atoms with Crippen LogP contribution in [0.3, 0.4) is 0 Å². The number of nitrogens with one attached hydrogen (secondary N) is 1. The lowest BCUT2D eigenvalue weighted by Gasteiger charge is -2.22. The van der Waals surface area contributed by atoms with Gasteiger partial charge in [-0.25, -0.2) is 0 Å². The summed E-state index contributed by atoms with van der Waals surface area (Å²) < 4.78 is 0. The summed E-state index contributed by atoms with van der Waals surface area (Å²) in [7, 11) is 0. The van der Waals surface area contributed by atoms with E-state index in [-0.39, 0.29) is 0 Å². The molecule has 1 saturated carbocycles. The molecule has 1 aromatic heterocycles. The van der Waals surface area contributed by atoms with Gasteiger partial charge in [-0.1, -0.05) is 6.92 Å². The fourth-order valence-corrected chi connectivity index (χ4v) is 2.99. The Kier molecular flexibility index (Phi) is 3.76. The topological polar surface area (TPSA) is 24.9 Å². The minimum Gasteiger partial charge on any atom is -0.310 e. The number of aromatic nitrogens is 1. The standard InChI is InChI=1S/C16H26N2/c1-6-16(7-8-16)10-17-13(4)15-11(2)9-12(3)18-14(15)5/h9,13,17H,6-8,10H2,1-5H3. The van der Waals surface area contributed by atoms with E-state index in [1.807, 2.05) is 0 Å². The van der Waals surface area contributed by atoms with Gasteiger partial charge in [-0.3, -0.25) is 4.98 Å². The predicted octanol–water partition coefficient (Wildman–Crippen LogP) is 3.85. The second kappa shape index (κ2) is 5.00. The zero-order valence-corrected chi connectivity index (χ0v) is 12.4. The van der Waals surface area contributed by atoms with E-state index in [9.17, 15) is 0 Å². The normalized spacial score (nSPS) is 18.7. The molecule has 1 aliphatic carbocycles. The fraction of sp³-hybridized carbons (Fsp3) is 0.688. The minimum atomic E-state index is 0.405. The molecule has 0 radical (unpaired) electrons. The highest BCUT2D eigenvalue weighted by Gasteiger charge is 2.40. The van der Waals surface area contributed by atoms with Gasteiger partial charge in [0.1, 0.15) is 0 Å². The lowest BCUT2D eigenvalue weighted by atomic mass is 9.98. The van der Waals surface area contributed by atoms with Crippen molar-refractivity contribution in [1.29, 1.82) is 0 Å². The summed E-state index contributed by atoms with van der Waals surface area (Å²) in [6, 6.07) is 2.59. The number of nitrogens with zero attached hydrogens (tertiary/aromatic N) is 1. The molecule has 2 rings (SSSR count). The molecule has 0 saturated heterocycles. The van der Waals surface area contributed by atoms with Crippen molar-refractivity contribution >= 4 is 0 Å². The molecule has 1 unspecified atom stereocenters. The molecular formula is C16H26N2. The molecule has 1 aliphatic rings. The SMILES string of the molecule is CCC1(CNC(C)c2c(C)cc(C)nc2C)CC1. The molecule has 0 amide bonds. The van der Waals surface area contributed by atoms with E-state index in [0.29, 0.717) is 11.5 Å². The van der Waals surface area contributed by atoms with E-state index in [2.05, 4.69) is 51.0 Å². The average Bonchev–Trinajstić information content (AvgIpc) is 3.05. The predicted molar refractivity (Wildman–Crippen MR) is 76.8 cm³/mol. The summed E-state index contributed by atoms with van der Waals surface area (Å²) in [4.78, 5) is 4.60. The van der Waals surface area contributed by atoms with Crippen LogP contribution in [0.15, 0.2) is 6.07 Å². The smallest absolute Gasteiger partial charge is 0.0426 e. The van der Waals surface area contributed by atoms with Gasteiger partial charge in [0, 0.05) is 24.0 Å². The van der Waals surface area contributed by atoms with E-state index in [0.717, 1.165) is 12.2 Å². The lowest BCUT2D eigenvalue weighted by Crippen LogP contribution is -2.27. The van der Waals surface area contributed by atoms with Gasteiger partial charge in [-0.05, 0) is 69.6 Å². The van der Waals surface area contributed by atoms with E-state index in [1.165, 1.54) is 36.1 Å². The first-order valence-electron chi connectivity index (χ1n) is 7.15. The van der Waals surface area contributed by atoms with Crippen molar-refractivity contribution in [2.45, 2.75) is 59.9 Å². The summed E-state index contributed by atoms with van der Waals surface area (Å²) >= 11 is 0. The van der Waals surface area contributed by atoms with Crippen LogP contribution < -0.4 is 5.32 Å². The zero-order chi connectivity index (χ0) is 13.3. The molecule has 1 fully saturated rings. The van der Waals surface area contributed by atoms with Crippen LogP contribution in [-0.2, 0) is 0 Å². The Morgan fingerprint density at radius 2 is 2.00 bits per heavy atom. The third kappa shape index (κ3) is 2.74. The second-order valence-electron chi connectivity index (χ2n) is 6.04. The maximum absolute atomic E-state index is 4.60. The first-order valence-corrected chi connectivity index (χ1v) is 7.15. The quantitative estimate of drug-likeness (QED) is 0.853. The van der Waals surface area contributed by atoms with E-state index < -0.39 is 0 Å². The number of pyridine rings is 1. The third-order valence-electron chi connectivity index (χ3n) is 4.51. The molecule has 0 aromatic carbocycles. The Labute approximate surface area is 111 Å². The summed E-state index contributed by atoms with van der Waals surface area (Å²) in [5.74, 6) is 0. The molecule has 100 valence electrons. The van der Waals surface area contributed by atoms with Crippen molar-refractivity contribution in [3.63, 3.8) is 0 Å². The van der Waals surface area contributed by atoms with Gasteiger partial charge in [0.2, 0.25) is 0 Å². The Bertz CT molecular complexity index is 410. The first kappa shape index (κ1) is 13.5. The monoisotopic (exact) mass is 246 g/mol. The largest absolute Gasteiger partial charge is 0.310 e. The number of rotatable bonds is 5. The fourth-order valence-electron chi connectivity index (χ4n) is 2.99. The van der Waals surface area contributed by atoms with Crippen LogP contribution in [0.5, 0.6) is 0 Å². The molecule has 1 atom stereocenters. The van der Waals surface area contributed by atoms with E-state index >= 15 is 0 Å². The summed E-state index contributed by atoms with van der Waals surface area (Å²) in [6.07, 6.45) is 4.09. The van der Waals surface area contributed by atoms with Crippen molar-refractivity contribution in [1.82, 2.24) is 10.3 Å². The summed E-state index contributed by atoms with van der Waals surface area (Å²) in [5.41, 5.74) is 5.64. The maximum Gasteiger partial charge on any atom is 0.0426 e. The van der Waals surface area contributed by atoms with Gasteiger partial charge in [-0.2, -0.15) is 0 Å². The number of aryl methyl sites for hydroxylation is 3. The molecule has 2 heteroatoms. The van der Waals surface area contributed by atoms with Gasteiger partial charge >= 0.3 is 0 Å². The van der Waals surface area contributed by atoms with Gasteiger partial charge in [0.05, 0.1) is 0 Å². The molecule has 1 aromatic rings. The molecule has 0 bridgehead atoms. The summed E-state index contributed by atoms with van der Waals surface area (Å²) in [5, 5.41) is 3.71. The van der Waals surface area contributed by atoms with E-state index in [4.69, 9.17) is 0 Å². The Hall–Kier alpha value is -0.890. The number of hydrogen-bond donors (Lipinski definition) is 1. The maximum atomic E-state index is 4.60. The minimum absolute atomic E-state index is 0.405. The molecule has 1 N–H and O–H groups in total. The van der Waals surface area contributed by atoms with Gasteiger partial charge in [-0.15, -0.1) is 0 Å². The number of hydrogen-bond acceptors (Lipinski definition) is 2. The molecule has 0 aliphatic heterocycles. The lowest BCUT2D eigenvalue weighted by molar-refractivity contribution is 0.413. The Morgan fingerprint density at radius 3 is 2.50 bits per heavy atom. The third-order valence-corrected chi connectivity index (χ3v) is 4.51. The van der Waals surface area contributed by atoms with Crippen LogP contribution in [0, 0.1) is 26.2 Å². The van der Waals surface area contributed by atoms with Crippen LogP contribution in [-0.4, -0.2) is 11.5 Å². The van der Waals surface area contributed by atoms with Crippen LogP contribution in [0.25, 0.3) is 0 Å². The van der Waals surface area contributed by atoms with Crippen LogP contribution in [0.1, 0.15) is 61.7 Å². The molecular weight excluding hydrogens is 220 g/mol. The van der Waals surface area contributed by atoms with Crippen LogP contribution in [0.4, 0.5) is 0 Å². The first-order chi connectivity index (χ1) is 8.47. The highest BCUT2D eigenvalue weighted by atomic mass is 14.9. The van der Waals surface area contributed by atoms with Crippen molar-refractivity contribution in [3.05, 3.63) is 28.6 Å². The summed E-state index contributed by atoms with van der Waals surface area (Å²) in [6.45, 7) is 12.1. The average molecular weight is 246 g/mol. The van der Waals surface area contributed by atoms with Gasteiger partial charge < -0.3 is 5.32 Å². The van der Waals surface area contributed by atoms with Crippen LogP contribution >= 0.6 is 0 Å². The van der Waals surface area contributed by atoms with Gasteiger partial charge in [0.15, 0.2) is 0 Å². The highest BCUT2D eigenvalue weighted by Crippen LogP contribution is 2.48. The van der Waals surface area contributed by atoms with Crippen LogP contribution in [0.2, 0.25) is 0 Å². The van der Waals surface area contributed by atoms with Crippen molar-refractivity contribution in [3.8, 4) is 0 Å². The molecule has 18 heavy (non-hydrogen) atoms. The van der Waals surface area contributed by atoms with E-state index in [1.54, 1.807) is 0 Å². The van der Waals surface area contributed by atoms with Crippen molar-refractivity contribution < 1.29 is 0 Å². The Morgan fingerprint density at radius 1 is 1.33 bits per heavy atom. The molecule has 1 heterocycles.